The fourth-order valence-corrected chi connectivity index (χ4v) is 3.28. The fourth-order valence-electron chi connectivity index (χ4n) is 3.28. The molecule has 140 valence electrons. The van der Waals surface area contributed by atoms with Crippen molar-refractivity contribution in [3.8, 4) is 0 Å². The van der Waals surface area contributed by atoms with Crippen molar-refractivity contribution in [3.63, 3.8) is 0 Å². The van der Waals surface area contributed by atoms with Crippen LogP contribution >= 0.6 is 24.0 Å². The van der Waals surface area contributed by atoms with Crippen molar-refractivity contribution < 1.29 is 4.79 Å². The quantitative estimate of drug-likeness (QED) is 0.242. The third-order valence-electron chi connectivity index (χ3n) is 5.03. The standard InChI is InChI=1S/C18H34N4O.HI/c1-4-19-18(21-12-11-20-17(23)15-5-6-15)22-16-9-7-14(8-10-16)13(2)3;/h13-16H,4-12H2,1-3H3,(H,20,23)(H2,19,21,22);1H. The third-order valence-corrected chi connectivity index (χ3v) is 5.03. The highest BCUT2D eigenvalue weighted by atomic mass is 127. The lowest BCUT2D eigenvalue weighted by Gasteiger charge is -2.32. The molecule has 0 aromatic rings. The number of nitrogens with zero attached hydrogens (tertiary/aromatic N) is 1. The maximum Gasteiger partial charge on any atom is 0.223 e. The number of aliphatic imine (C=N–C) groups is 1. The second-order valence-corrected chi connectivity index (χ2v) is 7.33. The second kappa shape index (κ2) is 11.2. The van der Waals surface area contributed by atoms with Gasteiger partial charge in [0.25, 0.3) is 0 Å². The highest BCUT2D eigenvalue weighted by Gasteiger charge is 2.29. The SMILES string of the molecule is CCNC(=NCCNC(=O)C1CC1)NC1CCC(C(C)C)CC1.I. The lowest BCUT2D eigenvalue weighted by atomic mass is 9.80. The number of hydrogen-bond donors (Lipinski definition) is 3. The summed E-state index contributed by atoms with van der Waals surface area (Å²) in [5, 5.41) is 9.84. The molecule has 0 heterocycles. The zero-order valence-corrected chi connectivity index (χ0v) is 17.8. The summed E-state index contributed by atoms with van der Waals surface area (Å²) in [7, 11) is 0. The molecule has 0 aromatic heterocycles. The molecular weight excluding hydrogens is 415 g/mol. The molecule has 0 unspecified atom stereocenters. The number of carbonyl (C=O) groups excluding carboxylic acids is 1. The van der Waals surface area contributed by atoms with E-state index in [0.29, 0.717) is 19.1 Å². The van der Waals surface area contributed by atoms with Gasteiger partial charge in [0.05, 0.1) is 6.54 Å². The van der Waals surface area contributed by atoms with Crippen LogP contribution in [0.15, 0.2) is 4.99 Å². The van der Waals surface area contributed by atoms with E-state index in [9.17, 15) is 4.79 Å². The van der Waals surface area contributed by atoms with Crippen molar-refractivity contribution in [2.24, 2.45) is 22.7 Å². The first-order chi connectivity index (χ1) is 11.1. The lowest BCUT2D eigenvalue weighted by Crippen LogP contribution is -2.45. The topological polar surface area (TPSA) is 65.5 Å². The van der Waals surface area contributed by atoms with Crippen LogP contribution in [0.5, 0.6) is 0 Å². The molecule has 6 heteroatoms. The van der Waals surface area contributed by atoms with Gasteiger partial charge < -0.3 is 16.0 Å². The van der Waals surface area contributed by atoms with E-state index in [4.69, 9.17) is 0 Å². The smallest absolute Gasteiger partial charge is 0.223 e. The Kier molecular flexibility index (Phi) is 10.0. The molecule has 3 N–H and O–H groups in total. The zero-order valence-electron chi connectivity index (χ0n) is 15.4. The first-order valence-electron chi connectivity index (χ1n) is 9.42. The van der Waals surface area contributed by atoms with E-state index >= 15 is 0 Å². The largest absolute Gasteiger partial charge is 0.357 e. The summed E-state index contributed by atoms with van der Waals surface area (Å²) in [6, 6.07) is 0.531. The van der Waals surface area contributed by atoms with Crippen LogP contribution in [-0.4, -0.2) is 37.5 Å². The van der Waals surface area contributed by atoms with Crippen LogP contribution in [0.3, 0.4) is 0 Å². The number of guanidine groups is 1. The van der Waals surface area contributed by atoms with Gasteiger partial charge in [-0.3, -0.25) is 9.79 Å². The van der Waals surface area contributed by atoms with Gasteiger partial charge in [0.2, 0.25) is 5.91 Å². The minimum Gasteiger partial charge on any atom is -0.357 e. The first-order valence-corrected chi connectivity index (χ1v) is 9.42. The molecule has 2 saturated carbocycles. The Bertz CT molecular complexity index is 402. The molecule has 24 heavy (non-hydrogen) atoms. The Morgan fingerprint density at radius 1 is 1.08 bits per heavy atom. The Morgan fingerprint density at radius 2 is 1.75 bits per heavy atom. The summed E-state index contributed by atoms with van der Waals surface area (Å²) in [5.74, 6) is 3.05. The Balaban J connectivity index is 0.00000288. The van der Waals surface area contributed by atoms with Crippen LogP contribution in [0.2, 0.25) is 0 Å². The van der Waals surface area contributed by atoms with Crippen LogP contribution in [0.1, 0.15) is 59.3 Å². The molecule has 2 aliphatic carbocycles. The highest BCUT2D eigenvalue weighted by molar-refractivity contribution is 14.0. The average molecular weight is 450 g/mol. The molecular formula is C18H35IN4O. The molecule has 5 nitrogen and oxygen atoms in total. The maximum absolute atomic E-state index is 11.6. The minimum absolute atomic E-state index is 0. The van der Waals surface area contributed by atoms with E-state index in [2.05, 4.69) is 41.7 Å². The number of amides is 1. The van der Waals surface area contributed by atoms with Crippen molar-refractivity contribution in [1.82, 2.24) is 16.0 Å². The normalized spacial score (nSPS) is 24.2. The lowest BCUT2D eigenvalue weighted by molar-refractivity contribution is -0.122. The van der Waals surface area contributed by atoms with Crippen molar-refractivity contribution in [2.45, 2.75) is 65.3 Å². The molecule has 0 radical (unpaired) electrons. The molecule has 0 atom stereocenters. The van der Waals surface area contributed by atoms with Gasteiger partial charge in [-0.15, -0.1) is 24.0 Å². The van der Waals surface area contributed by atoms with Gasteiger partial charge in [-0.1, -0.05) is 13.8 Å². The summed E-state index contributed by atoms with van der Waals surface area (Å²) in [6.07, 6.45) is 7.19. The molecule has 0 aromatic carbocycles. The van der Waals surface area contributed by atoms with Crippen molar-refractivity contribution >= 4 is 35.8 Å². The monoisotopic (exact) mass is 450 g/mol. The molecule has 0 saturated heterocycles. The highest BCUT2D eigenvalue weighted by Crippen LogP contribution is 2.30. The first kappa shape index (κ1) is 21.5. The van der Waals surface area contributed by atoms with Crippen molar-refractivity contribution in [3.05, 3.63) is 0 Å². The van der Waals surface area contributed by atoms with Gasteiger partial charge in [0.15, 0.2) is 5.96 Å². The Morgan fingerprint density at radius 3 is 2.29 bits per heavy atom. The predicted octanol–water partition coefficient (Wildman–Crippen LogP) is 2.90. The Labute approximate surface area is 164 Å². The molecule has 0 bridgehead atoms. The van der Waals surface area contributed by atoms with Crippen LogP contribution < -0.4 is 16.0 Å². The molecule has 2 fully saturated rings. The summed E-state index contributed by atoms with van der Waals surface area (Å²) in [5.41, 5.74) is 0. The van der Waals surface area contributed by atoms with Crippen LogP contribution in [0.4, 0.5) is 0 Å². The van der Waals surface area contributed by atoms with E-state index < -0.39 is 0 Å². The number of rotatable bonds is 7. The summed E-state index contributed by atoms with van der Waals surface area (Å²) >= 11 is 0. The molecule has 2 rings (SSSR count). The minimum atomic E-state index is 0. The van der Waals surface area contributed by atoms with Gasteiger partial charge >= 0.3 is 0 Å². The third kappa shape index (κ3) is 7.57. The van der Waals surface area contributed by atoms with E-state index in [1.807, 2.05) is 0 Å². The predicted molar refractivity (Wildman–Crippen MR) is 111 cm³/mol. The van der Waals surface area contributed by atoms with Gasteiger partial charge in [0, 0.05) is 25.0 Å². The fraction of sp³-hybridized carbons (Fsp3) is 0.889. The van der Waals surface area contributed by atoms with E-state index in [1.165, 1.54) is 25.7 Å². The number of halogens is 1. The van der Waals surface area contributed by atoms with E-state index in [-0.39, 0.29) is 35.8 Å². The van der Waals surface area contributed by atoms with E-state index in [0.717, 1.165) is 37.2 Å². The van der Waals surface area contributed by atoms with Crippen LogP contribution in [0.25, 0.3) is 0 Å². The van der Waals surface area contributed by atoms with Crippen LogP contribution in [-0.2, 0) is 4.79 Å². The van der Waals surface area contributed by atoms with Crippen molar-refractivity contribution in [2.75, 3.05) is 19.6 Å². The molecule has 0 spiro atoms. The van der Waals surface area contributed by atoms with Gasteiger partial charge in [-0.2, -0.15) is 0 Å². The number of carbonyl (C=O) groups is 1. The van der Waals surface area contributed by atoms with Gasteiger partial charge in [0.1, 0.15) is 0 Å². The zero-order chi connectivity index (χ0) is 16.7. The average Bonchev–Trinajstić information content (AvgIpc) is 3.37. The number of hydrogen-bond acceptors (Lipinski definition) is 2. The second-order valence-electron chi connectivity index (χ2n) is 7.33. The van der Waals surface area contributed by atoms with Gasteiger partial charge in [-0.25, -0.2) is 0 Å². The molecule has 1 amide bonds. The molecule has 0 aliphatic heterocycles. The van der Waals surface area contributed by atoms with Crippen LogP contribution in [0, 0.1) is 17.8 Å². The molecule has 2 aliphatic rings. The summed E-state index contributed by atoms with van der Waals surface area (Å²) < 4.78 is 0. The number of nitrogens with one attached hydrogen (secondary N) is 3. The summed E-state index contributed by atoms with van der Waals surface area (Å²) in [6.45, 7) is 8.88. The van der Waals surface area contributed by atoms with Crippen molar-refractivity contribution in [1.29, 1.82) is 0 Å². The maximum atomic E-state index is 11.6. The Hall–Kier alpha value is -0.530. The van der Waals surface area contributed by atoms with Gasteiger partial charge in [-0.05, 0) is 57.3 Å². The summed E-state index contributed by atoms with van der Waals surface area (Å²) in [4.78, 5) is 16.2. The van der Waals surface area contributed by atoms with E-state index in [1.54, 1.807) is 0 Å².